The third-order valence-electron chi connectivity index (χ3n) is 3.34. The Hall–Kier alpha value is -0.500. The summed E-state index contributed by atoms with van der Waals surface area (Å²) in [6, 6.07) is 3.92. The zero-order valence-corrected chi connectivity index (χ0v) is 12.9. The van der Waals surface area contributed by atoms with Crippen LogP contribution in [0.4, 0.5) is 4.39 Å². The molecular formula is C12H16BrFN2O2S. The molecule has 1 aliphatic heterocycles. The van der Waals surface area contributed by atoms with Gasteiger partial charge in [-0.05, 0) is 47.8 Å². The Morgan fingerprint density at radius 1 is 1.47 bits per heavy atom. The van der Waals surface area contributed by atoms with E-state index in [9.17, 15) is 12.8 Å². The summed E-state index contributed by atoms with van der Waals surface area (Å²) in [5.41, 5.74) is 5.82. The van der Waals surface area contributed by atoms with Gasteiger partial charge in [0.25, 0.3) is 0 Å². The second-order valence-corrected chi connectivity index (χ2v) is 7.48. The molecule has 4 nitrogen and oxygen atoms in total. The molecule has 7 heteroatoms. The number of rotatable bonds is 2. The molecule has 0 spiro atoms. The van der Waals surface area contributed by atoms with E-state index in [0.29, 0.717) is 19.4 Å². The number of hydrogen-bond donors (Lipinski definition) is 1. The summed E-state index contributed by atoms with van der Waals surface area (Å²) < 4.78 is 40.5. The van der Waals surface area contributed by atoms with E-state index in [0.717, 1.165) is 6.07 Å². The maximum Gasteiger partial charge on any atom is 0.247 e. The molecule has 106 valence electrons. The first kappa shape index (κ1) is 14.9. The van der Waals surface area contributed by atoms with Crippen molar-refractivity contribution in [2.45, 2.75) is 36.7 Å². The molecule has 2 N–H and O–H groups in total. The molecule has 1 heterocycles. The van der Waals surface area contributed by atoms with Gasteiger partial charge in [-0.25, -0.2) is 12.8 Å². The van der Waals surface area contributed by atoms with Gasteiger partial charge < -0.3 is 5.73 Å². The molecule has 0 saturated carbocycles. The smallest absolute Gasteiger partial charge is 0.247 e. The highest BCUT2D eigenvalue weighted by atomic mass is 79.9. The molecule has 2 rings (SSSR count). The molecule has 1 saturated heterocycles. The molecule has 0 aliphatic carbocycles. The maximum absolute atomic E-state index is 13.8. The van der Waals surface area contributed by atoms with Gasteiger partial charge in [0, 0.05) is 23.1 Å². The lowest BCUT2D eigenvalue weighted by atomic mass is 10.0. The van der Waals surface area contributed by atoms with Gasteiger partial charge in [-0.2, -0.15) is 4.31 Å². The highest BCUT2D eigenvalue weighted by molar-refractivity contribution is 9.10. The number of nitrogens with zero attached hydrogens (tertiary/aromatic N) is 1. The lowest BCUT2D eigenvalue weighted by Gasteiger charge is -2.35. The largest absolute Gasteiger partial charge is 0.328 e. The summed E-state index contributed by atoms with van der Waals surface area (Å²) in [5.74, 6) is -0.739. The summed E-state index contributed by atoms with van der Waals surface area (Å²) in [7, 11) is -3.84. The number of piperidine rings is 1. The topological polar surface area (TPSA) is 63.4 Å². The van der Waals surface area contributed by atoms with Crippen molar-refractivity contribution >= 4 is 26.0 Å². The van der Waals surface area contributed by atoms with Crippen LogP contribution in [-0.2, 0) is 10.0 Å². The first-order valence-corrected chi connectivity index (χ1v) is 8.28. The quantitative estimate of drug-likeness (QED) is 0.888. The fourth-order valence-electron chi connectivity index (χ4n) is 2.39. The Balaban J connectivity index is 2.43. The van der Waals surface area contributed by atoms with E-state index in [2.05, 4.69) is 15.9 Å². The molecule has 1 fully saturated rings. The molecule has 1 aliphatic rings. The summed E-state index contributed by atoms with van der Waals surface area (Å²) in [6.45, 7) is 2.12. The third-order valence-corrected chi connectivity index (χ3v) is 6.36. The van der Waals surface area contributed by atoms with Crippen LogP contribution >= 0.6 is 15.9 Å². The molecule has 0 bridgehead atoms. The minimum absolute atomic E-state index is 0.00510. The number of sulfonamides is 1. The van der Waals surface area contributed by atoms with Gasteiger partial charge in [0.15, 0.2) is 0 Å². The van der Waals surface area contributed by atoms with Gasteiger partial charge in [-0.3, -0.25) is 0 Å². The first-order valence-electron chi connectivity index (χ1n) is 6.05. The summed E-state index contributed by atoms with van der Waals surface area (Å²) >= 11 is 3.11. The van der Waals surface area contributed by atoms with Crippen LogP contribution in [0.2, 0.25) is 0 Å². The predicted molar refractivity (Wildman–Crippen MR) is 74.7 cm³/mol. The molecule has 2 atom stereocenters. The maximum atomic E-state index is 13.8. The Kier molecular flexibility index (Phi) is 4.29. The minimum Gasteiger partial charge on any atom is -0.328 e. The van der Waals surface area contributed by atoms with Gasteiger partial charge >= 0.3 is 0 Å². The van der Waals surface area contributed by atoms with E-state index in [1.54, 1.807) is 6.92 Å². The van der Waals surface area contributed by atoms with Crippen molar-refractivity contribution < 1.29 is 12.8 Å². The highest BCUT2D eigenvalue weighted by Crippen LogP contribution is 2.31. The number of nitrogens with two attached hydrogens (primary N) is 1. The summed E-state index contributed by atoms with van der Waals surface area (Å²) in [6.07, 6.45) is 1.18. The average molecular weight is 351 g/mol. The summed E-state index contributed by atoms with van der Waals surface area (Å²) in [4.78, 5) is -0.294. The first-order chi connectivity index (χ1) is 8.84. The third kappa shape index (κ3) is 2.84. The van der Waals surface area contributed by atoms with Crippen LogP contribution in [0.15, 0.2) is 27.6 Å². The van der Waals surface area contributed by atoms with Crippen LogP contribution in [-0.4, -0.2) is 31.4 Å². The molecule has 0 amide bonds. The highest BCUT2D eigenvalue weighted by Gasteiger charge is 2.36. The zero-order chi connectivity index (χ0) is 14.2. The second-order valence-electron chi connectivity index (χ2n) is 4.80. The van der Waals surface area contributed by atoms with Crippen molar-refractivity contribution in [1.82, 2.24) is 4.31 Å². The standard InChI is InChI=1S/C12H16BrFN2O2S/c1-8-7-9(15)5-6-16(8)19(17,18)12-10(13)3-2-4-11(12)14/h2-4,8-9H,5-7,15H2,1H3. The number of halogens is 2. The molecule has 0 aromatic heterocycles. The zero-order valence-electron chi connectivity index (χ0n) is 10.5. The minimum atomic E-state index is -3.84. The second kappa shape index (κ2) is 5.47. The lowest BCUT2D eigenvalue weighted by molar-refractivity contribution is 0.246. The van der Waals surface area contributed by atoms with E-state index >= 15 is 0 Å². The monoisotopic (exact) mass is 350 g/mol. The molecule has 0 radical (unpaired) electrons. The SMILES string of the molecule is CC1CC(N)CCN1S(=O)(=O)c1c(F)cccc1Br. The van der Waals surface area contributed by atoms with Crippen LogP contribution < -0.4 is 5.73 Å². The van der Waals surface area contributed by atoms with Crippen molar-refractivity contribution in [2.24, 2.45) is 5.73 Å². The molecule has 19 heavy (non-hydrogen) atoms. The van der Waals surface area contributed by atoms with Crippen LogP contribution in [0.5, 0.6) is 0 Å². The van der Waals surface area contributed by atoms with Crippen molar-refractivity contribution in [1.29, 1.82) is 0 Å². The van der Waals surface area contributed by atoms with Gasteiger partial charge in [-0.15, -0.1) is 0 Å². The van der Waals surface area contributed by atoms with E-state index in [4.69, 9.17) is 5.73 Å². The molecular weight excluding hydrogens is 335 g/mol. The normalized spacial score (nSPS) is 25.5. The van der Waals surface area contributed by atoms with E-state index in [1.807, 2.05) is 0 Å². The Morgan fingerprint density at radius 2 is 2.16 bits per heavy atom. The van der Waals surface area contributed by atoms with Crippen molar-refractivity contribution in [2.75, 3.05) is 6.54 Å². The Bertz CT molecular complexity index is 559. The number of benzene rings is 1. The molecule has 1 aromatic carbocycles. The van der Waals surface area contributed by atoms with Gasteiger partial charge in [0.05, 0.1) is 0 Å². The van der Waals surface area contributed by atoms with Crippen molar-refractivity contribution in [3.63, 3.8) is 0 Å². The van der Waals surface area contributed by atoms with Crippen molar-refractivity contribution in [3.05, 3.63) is 28.5 Å². The van der Waals surface area contributed by atoms with Crippen LogP contribution in [0, 0.1) is 5.82 Å². The Labute approximate surface area is 121 Å². The fraction of sp³-hybridized carbons (Fsp3) is 0.500. The van der Waals surface area contributed by atoms with Gasteiger partial charge in [-0.1, -0.05) is 6.07 Å². The summed E-state index contributed by atoms with van der Waals surface area (Å²) in [5, 5.41) is 0. The van der Waals surface area contributed by atoms with E-state index in [-0.39, 0.29) is 21.5 Å². The number of hydrogen-bond acceptors (Lipinski definition) is 3. The van der Waals surface area contributed by atoms with Gasteiger partial charge in [0.1, 0.15) is 10.7 Å². The lowest BCUT2D eigenvalue weighted by Crippen LogP contribution is -2.48. The van der Waals surface area contributed by atoms with Gasteiger partial charge in [0.2, 0.25) is 10.0 Å². The fourth-order valence-corrected chi connectivity index (χ4v) is 5.12. The van der Waals surface area contributed by atoms with Crippen LogP contribution in [0.3, 0.4) is 0 Å². The average Bonchev–Trinajstić information content (AvgIpc) is 2.27. The predicted octanol–water partition coefficient (Wildman–Crippen LogP) is 2.09. The molecule has 2 unspecified atom stereocenters. The molecule has 1 aromatic rings. The van der Waals surface area contributed by atoms with E-state index < -0.39 is 15.8 Å². The Morgan fingerprint density at radius 3 is 2.74 bits per heavy atom. The van der Waals surface area contributed by atoms with Crippen LogP contribution in [0.1, 0.15) is 19.8 Å². The van der Waals surface area contributed by atoms with E-state index in [1.165, 1.54) is 16.4 Å². The van der Waals surface area contributed by atoms with Crippen LogP contribution in [0.25, 0.3) is 0 Å². The van der Waals surface area contributed by atoms with Crippen molar-refractivity contribution in [3.8, 4) is 0 Å².